The third kappa shape index (κ3) is 12.2. The second kappa shape index (κ2) is 19.4. The Morgan fingerprint density at radius 2 is 1.90 bits per heavy atom. The number of hydrogen-bond donors (Lipinski definition) is 0. The standard InChI is InChI=1S/C38H57NO3/c1-9-37(41-8)38(42-28-27-39(6)7)24-13-11-10-12-20-33-21-16-22-35(32(5)40)36(33)23-15-19-31(4)34-26-25-29(2)17-14-18-30(34)3/h9,11,13,16,21-22,24,31,34H,2-3,10,12,14-15,17-20,23,25-28H2,1,4-8H3. The fourth-order valence-corrected chi connectivity index (χ4v) is 5.98. The Bertz CT molecular complexity index is 1110. The number of likely N-dealkylation sites (N-methyl/N-ethyl adjacent to an activating group) is 1. The largest absolute Gasteiger partial charge is 0.493 e. The Hall–Kier alpha value is -2.85. The number of carbonyl (C=O) groups excluding carboxylic acids is 1. The topological polar surface area (TPSA) is 38.8 Å². The van der Waals surface area contributed by atoms with Gasteiger partial charge in [-0.1, -0.05) is 61.6 Å². The number of carbonyl (C=O) groups is 1. The van der Waals surface area contributed by atoms with E-state index >= 15 is 0 Å². The van der Waals surface area contributed by atoms with Crippen molar-refractivity contribution >= 4 is 5.78 Å². The molecule has 1 aliphatic rings. The molecule has 0 saturated heterocycles. The summed E-state index contributed by atoms with van der Waals surface area (Å²) in [6, 6.07) is 6.26. The quantitative estimate of drug-likeness (QED) is 0.0610. The fourth-order valence-electron chi connectivity index (χ4n) is 5.98. The highest BCUT2D eigenvalue weighted by Crippen LogP contribution is 2.35. The minimum absolute atomic E-state index is 0.163. The number of hydrogen-bond acceptors (Lipinski definition) is 4. The lowest BCUT2D eigenvalue weighted by atomic mass is 9.77. The lowest BCUT2D eigenvalue weighted by molar-refractivity contribution is 0.101. The Kier molecular flexibility index (Phi) is 16.3. The minimum Gasteiger partial charge on any atom is -0.493 e. The van der Waals surface area contributed by atoms with Crippen LogP contribution >= 0.6 is 0 Å². The van der Waals surface area contributed by atoms with Crippen molar-refractivity contribution in [1.82, 2.24) is 4.90 Å². The minimum atomic E-state index is 0.163. The number of ketones is 1. The fraction of sp³-hybridized carbons (Fsp3) is 0.553. The summed E-state index contributed by atoms with van der Waals surface area (Å²) in [6.07, 6.45) is 20.1. The molecule has 0 N–H and O–H groups in total. The lowest BCUT2D eigenvalue weighted by Gasteiger charge is -2.29. The molecule has 2 unspecified atom stereocenters. The van der Waals surface area contributed by atoms with Crippen molar-refractivity contribution in [3.8, 4) is 0 Å². The molecule has 1 saturated carbocycles. The number of nitrogens with zero attached hydrogens (tertiary/aromatic N) is 1. The number of allylic oxidation sites excluding steroid dienone is 6. The van der Waals surface area contributed by atoms with Crippen LogP contribution in [-0.2, 0) is 22.3 Å². The zero-order chi connectivity index (χ0) is 30.9. The van der Waals surface area contributed by atoms with E-state index in [1.807, 2.05) is 45.3 Å². The average Bonchev–Trinajstić information content (AvgIpc) is 2.94. The highest BCUT2D eigenvalue weighted by molar-refractivity contribution is 5.95. The van der Waals surface area contributed by atoms with E-state index in [1.54, 1.807) is 14.0 Å². The summed E-state index contributed by atoms with van der Waals surface area (Å²) in [7, 11) is 5.74. The maximum atomic E-state index is 12.5. The van der Waals surface area contributed by atoms with Crippen LogP contribution < -0.4 is 0 Å². The average molecular weight is 576 g/mol. The summed E-state index contributed by atoms with van der Waals surface area (Å²) >= 11 is 0. The van der Waals surface area contributed by atoms with Crippen molar-refractivity contribution in [2.45, 2.75) is 91.4 Å². The van der Waals surface area contributed by atoms with Crippen LogP contribution in [0.3, 0.4) is 0 Å². The monoisotopic (exact) mass is 575 g/mol. The molecule has 4 nitrogen and oxygen atoms in total. The van der Waals surface area contributed by atoms with Gasteiger partial charge in [0.05, 0.1) is 7.11 Å². The number of Topliss-reactive ketones (excluding diaryl/α,β-unsaturated/α-hetero) is 1. The number of aryl methyl sites for hydroxylation is 1. The molecular weight excluding hydrogens is 518 g/mol. The van der Waals surface area contributed by atoms with Crippen molar-refractivity contribution in [3.05, 3.63) is 95.0 Å². The van der Waals surface area contributed by atoms with Gasteiger partial charge in [-0.25, -0.2) is 0 Å². The van der Waals surface area contributed by atoms with Gasteiger partial charge in [-0.2, -0.15) is 0 Å². The maximum absolute atomic E-state index is 12.5. The Morgan fingerprint density at radius 3 is 2.60 bits per heavy atom. The Morgan fingerprint density at radius 1 is 1.12 bits per heavy atom. The molecule has 1 fully saturated rings. The van der Waals surface area contributed by atoms with Gasteiger partial charge in [0.2, 0.25) is 0 Å². The summed E-state index contributed by atoms with van der Waals surface area (Å²) in [6.45, 7) is 16.2. The highest BCUT2D eigenvalue weighted by atomic mass is 16.5. The number of benzene rings is 1. The summed E-state index contributed by atoms with van der Waals surface area (Å²) < 4.78 is 11.5. The molecular formula is C38H57NO3. The zero-order valence-electron chi connectivity index (χ0n) is 27.5. The third-order valence-corrected chi connectivity index (χ3v) is 8.51. The van der Waals surface area contributed by atoms with Crippen LogP contribution in [0.1, 0.15) is 100 Å². The van der Waals surface area contributed by atoms with E-state index in [1.165, 1.54) is 35.1 Å². The summed E-state index contributed by atoms with van der Waals surface area (Å²) in [5.41, 5.74) is 6.29. The van der Waals surface area contributed by atoms with Crippen LogP contribution in [0.15, 0.2) is 78.3 Å². The van der Waals surface area contributed by atoms with Crippen LogP contribution in [0.5, 0.6) is 0 Å². The molecule has 0 aromatic heterocycles. The smallest absolute Gasteiger partial charge is 0.160 e. The second-order valence-corrected chi connectivity index (χ2v) is 12.1. The molecule has 2 rings (SSSR count). The molecule has 1 aromatic rings. The Labute approximate surface area is 257 Å². The number of methoxy groups -OCH3 is 1. The molecule has 0 amide bonds. The van der Waals surface area contributed by atoms with Crippen LogP contribution in [0.25, 0.3) is 0 Å². The first-order chi connectivity index (χ1) is 20.2. The molecule has 42 heavy (non-hydrogen) atoms. The molecule has 0 spiro atoms. The van der Waals surface area contributed by atoms with Crippen LogP contribution in [0, 0.1) is 11.8 Å². The summed E-state index contributed by atoms with van der Waals surface area (Å²) in [4.78, 5) is 14.6. The predicted octanol–water partition coefficient (Wildman–Crippen LogP) is 9.43. The van der Waals surface area contributed by atoms with Gasteiger partial charge >= 0.3 is 0 Å². The molecule has 0 aliphatic heterocycles. The molecule has 232 valence electrons. The van der Waals surface area contributed by atoms with Crippen molar-refractivity contribution in [2.24, 2.45) is 11.8 Å². The number of unbranched alkanes of at least 4 members (excludes halogenated alkanes) is 1. The molecule has 4 heteroatoms. The van der Waals surface area contributed by atoms with Gasteiger partial charge in [-0.05, 0) is 134 Å². The van der Waals surface area contributed by atoms with E-state index < -0.39 is 0 Å². The van der Waals surface area contributed by atoms with Gasteiger partial charge in [0.1, 0.15) is 6.61 Å². The third-order valence-electron chi connectivity index (χ3n) is 8.51. The Balaban J connectivity index is 1.99. The van der Waals surface area contributed by atoms with E-state index in [2.05, 4.69) is 43.2 Å². The van der Waals surface area contributed by atoms with Crippen molar-refractivity contribution in [1.29, 1.82) is 0 Å². The normalized spacial score (nSPS) is 17.8. The van der Waals surface area contributed by atoms with Crippen LogP contribution in [0.2, 0.25) is 0 Å². The second-order valence-electron chi connectivity index (χ2n) is 12.1. The van der Waals surface area contributed by atoms with E-state index in [4.69, 9.17) is 9.47 Å². The van der Waals surface area contributed by atoms with E-state index in [-0.39, 0.29) is 5.78 Å². The SMILES string of the molecule is C=C1CCCC(=C)C(C(C)CCCc2c(CCCC=CC=C(OCCN(C)C)C(=CC)OC)cccc2C(C)=O)CC1. The summed E-state index contributed by atoms with van der Waals surface area (Å²) in [5.74, 6) is 2.83. The first-order valence-corrected chi connectivity index (χ1v) is 16.0. The molecule has 1 aliphatic carbocycles. The van der Waals surface area contributed by atoms with Crippen molar-refractivity contribution in [3.63, 3.8) is 0 Å². The molecule has 0 heterocycles. The van der Waals surface area contributed by atoms with Crippen LogP contribution in [0.4, 0.5) is 0 Å². The first kappa shape index (κ1) is 35.3. The van der Waals surface area contributed by atoms with E-state index in [0.717, 1.165) is 81.4 Å². The molecule has 2 atom stereocenters. The van der Waals surface area contributed by atoms with E-state index in [9.17, 15) is 4.79 Å². The van der Waals surface area contributed by atoms with Crippen molar-refractivity contribution in [2.75, 3.05) is 34.4 Å². The van der Waals surface area contributed by atoms with Crippen LogP contribution in [-0.4, -0.2) is 45.0 Å². The van der Waals surface area contributed by atoms with Gasteiger partial charge in [0, 0.05) is 12.1 Å². The summed E-state index contributed by atoms with van der Waals surface area (Å²) in [5, 5.41) is 0. The molecule has 0 bridgehead atoms. The number of rotatable bonds is 17. The lowest BCUT2D eigenvalue weighted by Crippen LogP contribution is -2.18. The van der Waals surface area contributed by atoms with Gasteiger partial charge in [0.25, 0.3) is 0 Å². The highest BCUT2D eigenvalue weighted by Gasteiger charge is 2.22. The van der Waals surface area contributed by atoms with Crippen molar-refractivity contribution < 1.29 is 14.3 Å². The zero-order valence-corrected chi connectivity index (χ0v) is 27.5. The number of ether oxygens (including phenoxy) is 2. The van der Waals surface area contributed by atoms with Gasteiger partial charge in [-0.3, -0.25) is 4.79 Å². The van der Waals surface area contributed by atoms with Gasteiger partial charge in [0.15, 0.2) is 17.3 Å². The predicted molar refractivity (Wildman–Crippen MR) is 179 cm³/mol. The van der Waals surface area contributed by atoms with Gasteiger partial charge < -0.3 is 14.4 Å². The molecule has 1 aromatic carbocycles. The van der Waals surface area contributed by atoms with E-state index in [0.29, 0.717) is 18.4 Å². The maximum Gasteiger partial charge on any atom is 0.160 e. The first-order valence-electron chi connectivity index (χ1n) is 16.0. The van der Waals surface area contributed by atoms with Gasteiger partial charge in [-0.15, -0.1) is 0 Å². The molecule has 0 radical (unpaired) electrons.